The summed E-state index contributed by atoms with van der Waals surface area (Å²) in [5.74, 6) is 1.16. The summed E-state index contributed by atoms with van der Waals surface area (Å²) in [5, 5.41) is 3.85. The zero-order valence-corrected chi connectivity index (χ0v) is 12.8. The summed E-state index contributed by atoms with van der Waals surface area (Å²) in [4.78, 5) is 18.5. The number of anilines is 2. The molecule has 0 aliphatic rings. The number of hydrogen-bond acceptors (Lipinski definition) is 6. The van der Waals surface area contributed by atoms with Crippen molar-refractivity contribution in [3.05, 3.63) is 4.88 Å². The van der Waals surface area contributed by atoms with Crippen LogP contribution in [0.15, 0.2) is 0 Å². The fourth-order valence-electron chi connectivity index (χ4n) is 1.30. The van der Waals surface area contributed by atoms with Gasteiger partial charge in [-0.15, -0.1) is 0 Å². The first kappa shape index (κ1) is 15.1. The fourth-order valence-corrected chi connectivity index (χ4v) is 2.78. The van der Waals surface area contributed by atoms with Gasteiger partial charge in [-0.2, -0.15) is 11.8 Å². The highest BCUT2D eigenvalue weighted by molar-refractivity contribution is 7.98. The molecule has 1 heterocycles. The van der Waals surface area contributed by atoms with E-state index in [-0.39, 0.29) is 11.9 Å². The Morgan fingerprint density at radius 2 is 2.28 bits per heavy atom. The summed E-state index contributed by atoms with van der Waals surface area (Å²) < 4.78 is 0. The lowest BCUT2D eigenvalue weighted by molar-refractivity contribution is 0.0809. The number of hydrogen-bond donors (Lipinski definition) is 2. The average Bonchev–Trinajstić information content (AvgIpc) is 2.65. The van der Waals surface area contributed by atoms with Gasteiger partial charge in [-0.3, -0.25) is 4.79 Å². The van der Waals surface area contributed by atoms with Gasteiger partial charge in [0.1, 0.15) is 10.7 Å². The molecule has 0 saturated carbocycles. The van der Waals surface area contributed by atoms with Gasteiger partial charge in [-0.25, -0.2) is 4.98 Å². The standard InChI is InChI=1S/C11H20N4OS2/c1-7(2)13-11-14-9(12)8(18-11)10(16)15(3)5-6-17-4/h7H,5-6,12H2,1-4H3,(H,13,14). The Morgan fingerprint density at radius 1 is 1.61 bits per heavy atom. The number of nitrogen functional groups attached to an aromatic ring is 1. The Labute approximate surface area is 116 Å². The van der Waals surface area contributed by atoms with Gasteiger partial charge in [0.25, 0.3) is 5.91 Å². The molecule has 0 spiro atoms. The fraction of sp³-hybridized carbons (Fsp3) is 0.636. The summed E-state index contributed by atoms with van der Waals surface area (Å²) in [6, 6.07) is 0.271. The van der Waals surface area contributed by atoms with E-state index >= 15 is 0 Å². The van der Waals surface area contributed by atoms with Crippen LogP contribution in [0.3, 0.4) is 0 Å². The minimum Gasteiger partial charge on any atom is -0.382 e. The zero-order chi connectivity index (χ0) is 13.7. The van der Waals surface area contributed by atoms with E-state index < -0.39 is 0 Å². The Hall–Kier alpha value is -0.950. The molecule has 7 heteroatoms. The summed E-state index contributed by atoms with van der Waals surface area (Å²) in [5.41, 5.74) is 5.79. The lowest BCUT2D eigenvalue weighted by atomic mass is 10.4. The SMILES string of the molecule is CSCCN(C)C(=O)c1sc(NC(C)C)nc1N. The molecule has 0 atom stereocenters. The van der Waals surface area contributed by atoms with E-state index in [0.717, 1.165) is 5.75 Å². The third kappa shape index (κ3) is 4.06. The van der Waals surface area contributed by atoms with Crippen LogP contribution in [0.2, 0.25) is 0 Å². The number of nitrogens with two attached hydrogens (primary N) is 1. The highest BCUT2D eigenvalue weighted by Crippen LogP contribution is 2.26. The first-order chi connectivity index (χ1) is 8.45. The first-order valence-corrected chi connectivity index (χ1v) is 7.94. The summed E-state index contributed by atoms with van der Waals surface area (Å²) >= 11 is 3.02. The molecule has 0 aliphatic carbocycles. The van der Waals surface area contributed by atoms with Crippen LogP contribution < -0.4 is 11.1 Å². The molecule has 3 N–H and O–H groups in total. The third-order valence-corrected chi connectivity index (χ3v) is 3.82. The topological polar surface area (TPSA) is 71.2 Å². The van der Waals surface area contributed by atoms with E-state index in [0.29, 0.717) is 22.4 Å². The molecule has 0 saturated heterocycles. The third-order valence-electron chi connectivity index (χ3n) is 2.24. The average molecular weight is 288 g/mol. The van der Waals surface area contributed by atoms with Gasteiger partial charge in [-0.05, 0) is 20.1 Å². The van der Waals surface area contributed by atoms with Gasteiger partial charge in [0.2, 0.25) is 0 Å². The number of carbonyl (C=O) groups excluding carboxylic acids is 1. The van der Waals surface area contributed by atoms with Gasteiger partial charge < -0.3 is 16.0 Å². The molecule has 1 rings (SSSR count). The van der Waals surface area contributed by atoms with Crippen LogP contribution >= 0.6 is 23.1 Å². The quantitative estimate of drug-likeness (QED) is 0.837. The van der Waals surface area contributed by atoms with E-state index in [4.69, 9.17) is 5.73 Å². The van der Waals surface area contributed by atoms with Gasteiger partial charge in [0.05, 0.1) is 0 Å². The number of carbonyl (C=O) groups is 1. The van der Waals surface area contributed by atoms with Gasteiger partial charge in [-0.1, -0.05) is 11.3 Å². The number of aromatic nitrogens is 1. The second kappa shape index (κ2) is 6.84. The molecule has 102 valence electrons. The number of nitrogens with zero attached hydrogens (tertiary/aromatic N) is 2. The maximum atomic E-state index is 12.1. The van der Waals surface area contributed by atoms with Crippen molar-refractivity contribution in [2.75, 3.05) is 36.7 Å². The van der Waals surface area contributed by atoms with E-state index in [1.54, 1.807) is 23.7 Å². The first-order valence-electron chi connectivity index (χ1n) is 5.73. The van der Waals surface area contributed by atoms with Crippen LogP contribution in [0, 0.1) is 0 Å². The Bertz CT molecular complexity index is 406. The lowest BCUT2D eigenvalue weighted by Crippen LogP contribution is -2.28. The molecule has 5 nitrogen and oxygen atoms in total. The predicted octanol–water partition coefficient (Wildman–Crippen LogP) is 1.98. The molecule has 0 bridgehead atoms. The normalized spacial score (nSPS) is 10.7. The summed E-state index contributed by atoms with van der Waals surface area (Å²) in [6.07, 6.45) is 2.02. The maximum Gasteiger partial charge on any atom is 0.267 e. The van der Waals surface area contributed by atoms with Crippen molar-refractivity contribution in [1.82, 2.24) is 9.88 Å². The van der Waals surface area contributed by atoms with Crippen molar-refractivity contribution in [3.8, 4) is 0 Å². The van der Waals surface area contributed by atoms with E-state index in [1.165, 1.54) is 11.3 Å². The van der Waals surface area contributed by atoms with Crippen molar-refractivity contribution in [2.45, 2.75) is 19.9 Å². The number of thioether (sulfide) groups is 1. The Balaban J connectivity index is 2.76. The van der Waals surface area contributed by atoms with Gasteiger partial charge in [0.15, 0.2) is 5.13 Å². The number of rotatable bonds is 6. The lowest BCUT2D eigenvalue weighted by Gasteiger charge is -2.15. The minimum absolute atomic E-state index is 0.0594. The number of nitrogens with one attached hydrogen (secondary N) is 1. The van der Waals surface area contributed by atoms with Crippen LogP contribution in [-0.2, 0) is 0 Å². The molecule has 1 aromatic heterocycles. The highest BCUT2D eigenvalue weighted by Gasteiger charge is 2.19. The number of amides is 1. The minimum atomic E-state index is -0.0594. The monoisotopic (exact) mass is 288 g/mol. The van der Waals surface area contributed by atoms with Crippen LogP contribution in [0.5, 0.6) is 0 Å². The predicted molar refractivity (Wildman–Crippen MR) is 80.6 cm³/mol. The van der Waals surface area contributed by atoms with Gasteiger partial charge in [0, 0.05) is 25.4 Å². The molecule has 18 heavy (non-hydrogen) atoms. The summed E-state index contributed by atoms with van der Waals surface area (Å²) in [6.45, 7) is 4.75. The molecule has 1 aromatic rings. The largest absolute Gasteiger partial charge is 0.382 e. The highest BCUT2D eigenvalue weighted by atomic mass is 32.2. The summed E-state index contributed by atoms with van der Waals surface area (Å²) in [7, 11) is 1.78. The molecular weight excluding hydrogens is 268 g/mol. The zero-order valence-electron chi connectivity index (χ0n) is 11.2. The molecule has 0 aliphatic heterocycles. The van der Waals surface area contributed by atoms with Crippen molar-refractivity contribution >= 4 is 40.0 Å². The molecular formula is C11H20N4OS2. The molecule has 0 aromatic carbocycles. The molecule has 0 fully saturated rings. The van der Waals surface area contributed by atoms with Crippen molar-refractivity contribution < 1.29 is 4.79 Å². The van der Waals surface area contributed by atoms with Crippen LogP contribution in [0.4, 0.5) is 10.9 Å². The van der Waals surface area contributed by atoms with E-state index in [9.17, 15) is 4.79 Å². The Morgan fingerprint density at radius 3 is 2.83 bits per heavy atom. The van der Waals surface area contributed by atoms with Crippen molar-refractivity contribution in [1.29, 1.82) is 0 Å². The molecule has 0 unspecified atom stereocenters. The molecule has 0 radical (unpaired) electrons. The molecule has 1 amide bonds. The van der Waals surface area contributed by atoms with E-state index in [1.807, 2.05) is 20.1 Å². The van der Waals surface area contributed by atoms with Crippen LogP contribution in [0.1, 0.15) is 23.5 Å². The van der Waals surface area contributed by atoms with Gasteiger partial charge >= 0.3 is 0 Å². The van der Waals surface area contributed by atoms with E-state index in [2.05, 4.69) is 10.3 Å². The number of thiazole rings is 1. The van der Waals surface area contributed by atoms with Crippen LogP contribution in [0.25, 0.3) is 0 Å². The van der Waals surface area contributed by atoms with Crippen LogP contribution in [-0.4, -0.2) is 47.4 Å². The van der Waals surface area contributed by atoms with Crippen molar-refractivity contribution in [3.63, 3.8) is 0 Å². The maximum absolute atomic E-state index is 12.1. The second-order valence-corrected chi connectivity index (χ2v) is 6.24. The smallest absolute Gasteiger partial charge is 0.267 e. The Kier molecular flexibility index (Phi) is 5.74. The van der Waals surface area contributed by atoms with Crippen molar-refractivity contribution in [2.24, 2.45) is 0 Å². The second-order valence-electron chi connectivity index (χ2n) is 4.25.